The van der Waals surface area contributed by atoms with Crippen LogP contribution in [-0.4, -0.2) is 17.8 Å². The number of hydrogen-bond acceptors (Lipinski definition) is 4. The average molecular weight is 386 g/mol. The number of urea groups is 1. The number of barbiturate groups is 1. The van der Waals surface area contributed by atoms with Gasteiger partial charge in [-0.15, -0.1) is 0 Å². The molecule has 144 valence electrons. The van der Waals surface area contributed by atoms with E-state index in [1.54, 1.807) is 24.3 Å². The highest BCUT2D eigenvalue weighted by molar-refractivity contribution is 6.39. The Balaban J connectivity index is 1.70. The molecule has 0 unspecified atom stereocenters. The van der Waals surface area contributed by atoms with Crippen LogP contribution >= 0.6 is 0 Å². The molecule has 1 aromatic heterocycles. The molecule has 0 atom stereocenters. The fourth-order valence-electron chi connectivity index (χ4n) is 3.30. The number of benzene rings is 2. The lowest BCUT2D eigenvalue weighted by Gasteiger charge is -2.26. The van der Waals surface area contributed by atoms with E-state index >= 15 is 0 Å². The zero-order chi connectivity index (χ0) is 20.5. The number of hydrogen-bond donors (Lipinski definition) is 1. The van der Waals surface area contributed by atoms with Crippen LogP contribution in [0.15, 0.2) is 70.7 Å². The number of furan rings is 1. The van der Waals surface area contributed by atoms with Crippen molar-refractivity contribution >= 4 is 29.6 Å². The van der Waals surface area contributed by atoms with Crippen molar-refractivity contribution in [2.24, 2.45) is 0 Å². The van der Waals surface area contributed by atoms with Gasteiger partial charge >= 0.3 is 6.03 Å². The molecule has 6 heteroatoms. The zero-order valence-corrected chi connectivity index (χ0v) is 15.9. The van der Waals surface area contributed by atoms with Gasteiger partial charge < -0.3 is 4.42 Å². The number of carbonyl (C=O) groups excluding carboxylic acids is 3. The quantitative estimate of drug-likeness (QED) is 0.540. The van der Waals surface area contributed by atoms with Gasteiger partial charge in [-0.2, -0.15) is 0 Å². The zero-order valence-electron chi connectivity index (χ0n) is 15.9. The third kappa shape index (κ3) is 3.60. The van der Waals surface area contributed by atoms with E-state index in [4.69, 9.17) is 4.42 Å². The van der Waals surface area contributed by atoms with Crippen molar-refractivity contribution in [2.45, 2.75) is 13.8 Å². The lowest BCUT2D eigenvalue weighted by atomic mass is 10.1. The van der Waals surface area contributed by atoms with E-state index in [1.165, 1.54) is 6.08 Å². The summed E-state index contributed by atoms with van der Waals surface area (Å²) in [7, 11) is 0. The summed E-state index contributed by atoms with van der Waals surface area (Å²) < 4.78 is 5.76. The lowest BCUT2D eigenvalue weighted by molar-refractivity contribution is -0.122. The summed E-state index contributed by atoms with van der Waals surface area (Å²) in [5.74, 6) is -0.486. The fourth-order valence-corrected chi connectivity index (χ4v) is 3.30. The van der Waals surface area contributed by atoms with E-state index in [9.17, 15) is 14.4 Å². The number of carbonyl (C=O) groups is 3. The highest BCUT2D eigenvalue weighted by Gasteiger charge is 2.37. The maximum atomic E-state index is 13.0. The Morgan fingerprint density at radius 3 is 2.28 bits per heavy atom. The third-order valence-corrected chi connectivity index (χ3v) is 4.54. The molecule has 1 saturated heterocycles. The molecule has 0 aliphatic carbocycles. The molecule has 1 aliphatic rings. The molecule has 29 heavy (non-hydrogen) atoms. The Labute approximate surface area is 167 Å². The molecule has 2 heterocycles. The van der Waals surface area contributed by atoms with Crippen LogP contribution in [-0.2, 0) is 9.59 Å². The molecular weight excluding hydrogens is 368 g/mol. The van der Waals surface area contributed by atoms with Crippen LogP contribution in [0.1, 0.15) is 16.9 Å². The van der Waals surface area contributed by atoms with Crippen molar-refractivity contribution in [3.05, 3.63) is 83.1 Å². The standard InChI is InChI=1S/C23H18N2O4/c1-14-10-15(2)12-17(11-14)25-22(27)19(21(26)24-23(25)28)13-18-8-9-20(29-18)16-6-4-3-5-7-16/h3-13H,1-2H3,(H,24,26,28)/b19-13+. The smallest absolute Gasteiger partial charge is 0.335 e. The van der Waals surface area contributed by atoms with Gasteiger partial charge in [0.2, 0.25) is 0 Å². The van der Waals surface area contributed by atoms with Crippen LogP contribution in [0.25, 0.3) is 17.4 Å². The number of imide groups is 2. The van der Waals surface area contributed by atoms with E-state index in [-0.39, 0.29) is 5.57 Å². The van der Waals surface area contributed by atoms with Crippen molar-refractivity contribution in [1.82, 2.24) is 5.32 Å². The second kappa shape index (κ2) is 7.24. The summed E-state index contributed by atoms with van der Waals surface area (Å²) in [4.78, 5) is 38.6. The minimum Gasteiger partial charge on any atom is -0.457 e. The molecule has 3 aromatic rings. The summed E-state index contributed by atoms with van der Waals surface area (Å²) in [6.45, 7) is 3.75. The highest BCUT2D eigenvalue weighted by Crippen LogP contribution is 2.26. The normalized spacial score (nSPS) is 15.7. The number of nitrogens with zero attached hydrogens (tertiary/aromatic N) is 1. The predicted octanol–water partition coefficient (Wildman–Crippen LogP) is 4.23. The summed E-state index contributed by atoms with van der Waals surface area (Å²) >= 11 is 0. The molecule has 1 N–H and O–H groups in total. The Morgan fingerprint density at radius 2 is 1.59 bits per heavy atom. The van der Waals surface area contributed by atoms with Gasteiger partial charge in [-0.05, 0) is 55.3 Å². The van der Waals surface area contributed by atoms with Crippen molar-refractivity contribution in [1.29, 1.82) is 0 Å². The van der Waals surface area contributed by atoms with Crippen molar-refractivity contribution < 1.29 is 18.8 Å². The third-order valence-electron chi connectivity index (χ3n) is 4.54. The molecule has 2 aromatic carbocycles. The van der Waals surface area contributed by atoms with E-state index in [0.717, 1.165) is 21.6 Å². The van der Waals surface area contributed by atoms with Crippen LogP contribution in [0.3, 0.4) is 0 Å². The van der Waals surface area contributed by atoms with E-state index in [1.807, 2.05) is 50.2 Å². The molecule has 6 nitrogen and oxygen atoms in total. The Hall–Kier alpha value is -3.93. The molecule has 0 saturated carbocycles. The van der Waals surface area contributed by atoms with Gasteiger partial charge in [-0.3, -0.25) is 14.9 Å². The molecule has 0 radical (unpaired) electrons. The summed E-state index contributed by atoms with van der Waals surface area (Å²) in [6, 6.07) is 17.5. The predicted molar refractivity (Wildman–Crippen MR) is 109 cm³/mol. The van der Waals surface area contributed by atoms with Crippen LogP contribution in [0, 0.1) is 13.8 Å². The number of aryl methyl sites for hydroxylation is 2. The Kier molecular flexibility index (Phi) is 4.60. The molecule has 1 aliphatic heterocycles. The Bertz CT molecular complexity index is 1140. The monoisotopic (exact) mass is 386 g/mol. The first kappa shape index (κ1) is 18.4. The molecule has 0 spiro atoms. The van der Waals surface area contributed by atoms with E-state index in [0.29, 0.717) is 17.2 Å². The summed E-state index contributed by atoms with van der Waals surface area (Å²) in [5.41, 5.74) is 2.93. The van der Waals surface area contributed by atoms with Gasteiger partial charge in [0.1, 0.15) is 17.1 Å². The number of nitrogens with one attached hydrogen (secondary N) is 1. The molecular formula is C23H18N2O4. The van der Waals surface area contributed by atoms with Crippen LogP contribution < -0.4 is 10.2 Å². The second-order valence-corrected chi connectivity index (χ2v) is 6.87. The van der Waals surface area contributed by atoms with E-state index in [2.05, 4.69) is 5.32 Å². The Morgan fingerprint density at radius 1 is 0.897 bits per heavy atom. The fraction of sp³-hybridized carbons (Fsp3) is 0.0870. The highest BCUT2D eigenvalue weighted by atomic mass is 16.3. The minimum atomic E-state index is -0.772. The number of amides is 4. The molecule has 4 amide bonds. The number of rotatable bonds is 3. The van der Waals surface area contributed by atoms with Gasteiger partial charge in [-0.25, -0.2) is 9.69 Å². The van der Waals surface area contributed by atoms with Gasteiger partial charge in [-0.1, -0.05) is 36.4 Å². The average Bonchev–Trinajstić information content (AvgIpc) is 3.14. The van der Waals surface area contributed by atoms with Gasteiger partial charge in [0, 0.05) is 5.56 Å². The van der Waals surface area contributed by atoms with Crippen molar-refractivity contribution in [3.63, 3.8) is 0 Å². The first-order valence-corrected chi connectivity index (χ1v) is 9.07. The first-order chi connectivity index (χ1) is 13.9. The first-order valence-electron chi connectivity index (χ1n) is 9.07. The largest absolute Gasteiger partial charge is 0.457 e. The van der Waals surface area contributed by atoms with Gasteiger partial charge in [0.25, 0.3) is 11.8 Å². The van der Waals surface area contributed by atoms with E-state index < -0.39 is 17.8 Å². The van der Waals surface area contributed by atoms with Crippen molar-refractivity contribution in [3.8, 4) is 11.3 Å². The van der Waals surface area contributed by atoms with Crippen LogP contribution in [0.2, 0.25) is 0 Å². The second-order valence-electron chi connectivity index (χ2n) is 6.87. The van der Waals surface area contributed by atoms with Crippen molar-refractivity contribution in [2.75, 3.05) is 4.90 Å². The number of anilines is 1. The van der Waals surface area contributed by atoms with Gasteiger partial charge in [0.15, 0.2) is 0 Å². The SMILES string of the molecule is Cc1cc(C)cc(N2C(=O)NC(=O)/C(=C\c3ccc(-c4ccccc4)o3)C2=O)c1. The van der Waals surface area contributed by atoms with Gasteiger partial charge in [0.05, 0.1) is 5.69 Å². The maximum absolute atomic E-state index is 13.0. The summed E-state index contributed by atoms with van der Waals surface area (Å²) in [6.07, 6.45) is 1.35. The molecule has 4 rings (SSSR count). The molecule has 0 bridgehead atoms. The minimum absolute atomic E-state index is 0.169. The summed E-state index contributed by atoms with van der Waals surface area (Å²) in [5, 5.41) is 2.22. The topological polar surface area (TPSA) is 79.6 Å². The van der Waals surface area contributed by atoms with Crippen LogP contribution in [0.4, 0.5) is 10.5 Å². The molecule has 1 fully saturated rings. The maximum Gasteiger partial charge on any atom is 0.335 e. The lowest BCUT2D eigenvalue weighted by Crippen LogP contribution is -2.54. The van der Waals surface area contributed by atoms with Crippen LogP contribution in [0.5, 0.6) is 0 Å².